The number of thioether (sulfide) groups is 1. The fourth-order valence-electron chi connectivity index (χ4n) is 8.35. The van der Waals surface area contributed by atoms with Crippen LogP contribution in [0.15, 0.2) is 131 Å². The highest BCUT2D eigenvalue weighted by atomic mass is 35.5. The van der Waals surface area contributed by atoms with Crippen LogP contribution in [-0.4, -0.2) is 80.7 Å². The Labute approximate surface area is 360 Å². The number of hydrogen-bond acceptors (Lipinski definition) is 8. The summed E-state index contributed by atoms with van der Waals surface area (Å²) in [6.45, 7) is 11.9. The predicted molar refractivity (Wildman–Crippen MR) is 245 cm³/mol. The number of piperazine rings is 1. The summed E-state index contributed by atoms with van der Waals surface area (Å²) < 4.78 is 29.3. The Morgan fingerprint density at radius 3 is 2.20 bits per heavy atom. The van der Waals surface area contributed by atoms with E-state index in [1.165, 1.54) is 35.3 Å². The number of anilines is 2. The van der Waals surface area contributed by atoms with Crippen molar-refractivity contribution >= 4 is 50.7 Å². The molecule has 0 saturated carbocycles. The van der Waals surface area contributed by atoms with Crippen molar-refractivity contribution in [1.29, 1.82) is 0 Å². The van der Waals surface area contributed by atoms with Gasteiger partial charge in [0, 0.05) is 90.0 Å². The number of piperidine rings is 1. The highest BCUT2D eigenvalue weighted by Gasteiger charge is 2.26. The zero-order valence-corrected chi connectivity index (χ0v) is 36.7. The van der Waals surface area contributed by atoms with Crippen LogP contribution in [0.2, 0.25) is 5.02 Å². The van der Waals surface area contributed by atoms with Crippen LogP contribution in [0, 0.1) is 6.92 Å². The summed E-state index contributed by atoms with van der Waals surface area (Å²) >= 11 is 7.97. The molecule has 0 bridgehead atoms. The van der Waals surface area contributed by atoms with Crippen LogP contribution in [0.5, 0.6) is 0 Å². The van der Waals surface area contributed by atoms with E-state index in [-0.39, 0.29) is 10.9 Å². The van der Waals surface area contributed by atoms with Gasteiger partial charge in [0.2, 0.25) is 0 Å². The van der Waals surface area contributed by atoms with Gasteiger partial charge in [0.25, 0.3) is 15.9 Å². The number of benzene rings is 5. The van der Waals surface area contributed by atoms with Gasteiger partial charge in [-0.2, -0.15) is 0 Å². The first-order valence-corrected chi connectivity index (χ1v) is 23.7. The Balaban J connectivity index is 0.935. The Kier molecular flexibility index (Phi) is 14.4. The van der Waals surface area contributed by atoms with E-state index < -0.39 is 15.9 Å². The molecule has 3 atom stereocenters. The lowest BCUT2D eigenvalue weighted by Gasteiger charge is -2.39. The Bertz CT molecular complexity index is 2260. The van der Waals surface area contributed by atoms with Gasteiger partial charge in [-0.1, -0.05) is 72.6 Å². The lowest BCUT2D eigenvalue weighted by Crippen LogP contribution is -2.46. The highest BCUT2D eigenvalue weighted by molar-refractivity contribution is 7.99. The van der Waals surface area contributed by atoms with Crippen molar-refractivity contribution < 1.29 is 13.2 Å². The fraction of sp³-hybridized carbons (Fsp3) is 0.354. The Morgan fingerprint density at radius 1 is 0.831 bits per heavy atom. The SMILES string of the molecule is Cc1cc(S(=O)(=O)NC(=O)c2ccc(N3CCN(Cc4ccccc4-c4ccc(Cl)cc4)CC3)cc2)ccc1N[C@H](CCN1[C@H](C)CCC[C@@H]1C)CSc1ccccc1. The Morgan fingerprint density at radius 2 is 1.51 bits per heavy atom. The molecule has 1 amide bonds. The third kappa shape index (κ3) is 11.3. The number of amides is 1. The van der Waals surface area contributed by atoms with E-state index in [2.05, 4.69) is 99.2 Å². The van der Waals surface area contributed by atoms with Crippen LogP contribution in [-0.2, 0) is 16.6 Å². The van der Waals surface area contributed by atoms with Gasteiger partial charge in [0.1, 0.15) is 0 Å². The first-order valence-electron chi connectivity index (χ1n) is 20.8. The molecule has 2 N–H and O–H groups in total. The molecule has 59 heavy (non-hydrogen) atoms. The van der Waals surface area contributed by atoms with E-state index in [9.17, 15) is 13.2 Å². The number of carbonyl (C=O) groups is 1. The second-order valence-corrected chi connectivity index (χ2v) is 19.2. The summed E-state index contributed by atoms with van der Waals surface area (Å²) in [5.74, 6) is 0.228. The number of likely N-dealkylation sites (tertiary alicyclic amines) is 1. The average Bonchev–Trinajstić information content (AvgIpc) is 3.24. The van der Waals surface area contributed by atoms with E-state index in [0.29, 0.717) is 17.6 Å². The van der Waals surface area contributed by atoms with Crippen LogP contribution >= 0.6 is 23.4 Å². The van der Waals surface area contributed by atoms with Crippen LogP contribution < -0.4 is 14.9 Å². The maximum absolute atomic E-state index is 13.5. The molecule has 310 valence electrons. The van der Waals surface area contributed by atoms with Crippen LogP contribution in [0.25, 0.3) is 11.1 Å². The maximum atomic E-state index is 13.5. The minimum absolute atomic E-state index is 0.0605. The summed E-state index contributed by atoms with van der Waals surface area (Å²) in [7, 11) is -4.10. The predicted octanol–water partition coefficient (Wildman–Crippen LogP) is 9.98. The van der Waals surface area contributed by atoms with Crippen molar-refractivity contribution in [2.75, 3.05) is 48.7 Å². The molecule has 0 spiro atoms. The number of sulfonamides is 1. The van der Waals surface area contributed by atoms with Crippen molar-refractivity contribution in [3.05, 3.63) is 143 Å². The summed E-state index contributed by atoms with van der Waals surface area (Å²) in [5, 5.41) is 4.48. The second-order valence-electron chi connectivity index (χ2n) is 16.0. The first-order chi connectivity index (χ1) is 28.5. The minimum atomic E-state index is -4.10. The topological polar surface area (TPSA) is 85.0 Å². The van der Waals surface area contributed by atoms with Gasteiger partial charge in [-0.05, 0) is 129 Å². The van der Waals surface area contributed by atoms with Crippen LogP contribution in [0.3, 0.4) is 0 Å². The average molecular weight is 851 g/mol. The molecule has 2 fully saturated rings. The van der Waals surface area contributed by atoms with Gasteiger partial charge in [-0.3, -0.25) is 14.6 Å². The van der Waals surface area contributed by atoms with E-state index in [1.807, 2.05) is 55.1 Å². The van der Waals surface area contributed by atoms with Crippen molar-refractivity contribution in [1.82, 2.24) is 14.5 Å². The fourth-order valence-corrected chi connectivity index (χ4v) is 10.5. The van der Waals surface area contributed by atoms with E-state index >= 15 is 0 Å². The van der Waals surface area contributed by atoms with Crippen molar-refractivity contribution in [3.8, 4) is 11.1 Å². The Hall–Kier alpha value is -4.32. The van der Waals surface area contributed by atoms with Crippen LogP contribution in [0.4, 0.5) is 11.4 Å². The number of carbonyl (C=O) groups excluding carboxylic acids is 1. The molecule has 7 rings (SSSR count). The summed E-state index contributed by atoms with van der Waals surface area (Å²) in [5.41, 5.74) is 6.65. The van der Waals surface area contributed by atoms with E-state index in [0.717, 1.165) is 79.0 Å². The molecule has 5 aromatic carbocycles. The number of rotatable bonds is 15. The van der Waals surface area contributed by atoms with Crippen molar-refractivity contribution in [3.63, 3.8) is 0 Å². The molecule has 0 unspecified atom stereocenters. The highest BCUT2D eigenvalue weighted by Crippen LogP contribution is 2.29. The molecule has 0 radical (unpaired) electrons. The van der Waals surface area contributed by atoms with E-state index in [4.69, 9.17) is 11.6 Å². The zero-order valence-electron chi connectivity index (χ0n) is 34.3. The lowest BCUT2D eigenvalue weighted by molar-refractivity contribution is 0.0981. The zero-order chi connectivity index (χ0) is 41.4. The largest absolute Gasteiger partial charge is 0.381 e. The molecule has 0 aromatic heterocycles. The number of nitrogens with zero attached hydrogens (tertiary/aromatic N) is 3. The van der Waals surface area contributed by atoms with Gasteiger partial charge < -0.3 is 10.2 Å². The van der Waals surface area contributed by atoms with Crippen LogP contribution in [0.1, 0.15) is 61.0 Å². The third-order valence-corrected chi connectivity index (χ3v) is 14.6. The maximum Gasteiger partial charge on any atom is 0.264 e. The second kappa shape index (κ2) is 19.8. The molecule has 2 aliphatic heterocycles. The first kappa shape index (κ1) is 42.8. The van der Waals surface area contributed by atoms with Crippen molar-refractivity contribution in [2.45, 2.75) is 80.9 Å². The summed E-state index contributed by atoms with van der Waals surface area (Å²) in [6, 6.07) is 40.5. The quantitative estimate of drug-likeness (QED) is 0.101. The summed E-state index contributed by atoms with van der Waals surface area (Å²) in [6.07, 6.45) is 4.73. The van der Waals surface area contributed by atoms with Gasteiger partial charge in [0.05, 0.1) is 4.90 Å². The number of aryl methyl sites for hydroxylation is 1. The summed E-state index contributed by atoms with van der Waals surface area (Å²) in [4.78, 5) is 22.0. The minimum Gasteiger partial charge on any atom is -0.381 e. The van der Waals surface area contributed by atoms with Crippen molar-refractivity contribution in [2.24, 2.45) is 0 Å². The third-order valence-electron chi connectivity index (χ3n) is 11.8. The van der Waals surface area contributed by atoms with Gasteiger partial charge >= 0.3 is 0 Å². The van der Waals surface area contributed by atoms with Gasteiger partial charge in [-0.25, -0.2) is 13.1 Å². The monoisotopic (exact) mass is 849 g/mol. The number of hydrogen-bond donors (Lipinski definition) is 2. The smallest absolute Gasteiger partial charge is 0.264 e. The molecule has 2 heterocycles. The lowest BCUT2D eigenvalue weighted by atomic mass is 9.97. The molecule has 0 aliphatic carbocycles. The molecule has 2 aliphatic rings. The van der Waals surface area contributed by atoms with Gasteiger partial charge in [-0.15, -0.1) is 11.8 Å². The number of halogens is 1. The molecule has 5 aromatic rings. The normalized spacial score (nSPS) is 18.3. The molecule has 8 nitrogen and oxygen atoms in total. The van der Waals surface area contributed by atoms with Gasteiger partial charge in [0.15, 0.2) is 0 Å². The molecular weight excluding hydrogens is 794 g/mol. The standard InChI is InChI=1S/C48H56ClN5O3S2/c1-35-32-45(24-25-47(35)50-42(34-58-44-13-5-4-6-14-44)26-27-54-36(2)10-9-11-37(54)3)59(56,57)51-48(55)39-18-22-43(23-19-39)53-30-28-52(29-31-53)33-40-12-7-8-15-46(40)38-16-20-41(49)21-17-38/h4-8,12-25,32,36-37,42,50H,9-11,26-31,33-34H2,1-3H3,(H,51,55)/t36-,37+,42-/m1/s1. The molecular formula is C48H56ClN5O3S2. The molecule has 2 saturated heterocycles. The molecule has 11 heteroatoms. The number of nitrogens with one attached hydrogen (secondary N) is 2. The van der Waals surface area contributed by atoms with E-state index in [1.54, 1.807) is 24.3 Å².